The molecule has 0 atom stereocenters. The molecule has 1 aromatic rings. The minimum absolute atomic E-state index is 0.168. The fourth-order valence-electron chi connectivity index (χ4n) is 1.63. The van der Waals surface area contributed by atoms with E-state index in [2.05, 4.69) is 33.0 Å². The minimum Gasteiger partial charge on any atom is -0.309 e. The Labute approximate surface area is 104 Å². The molecule has 0 fully saturated rings. The normalized spacial score (nSPS) is 11.2. The highest BCUT2D eigenvalue weighted by molar-refractivity contribution is 5.97. The maximum atomic E-state index is 11.8. The van der Waals surface area contributed by atoms with Gasteiger partial charge in [0.05, 0.1) is 6.54 Å². The van der Waals surface area contributed by atoms with Crippen molar-refractivity contribution in [2.24, 2.45) is 5.92 Å². The predicted octanol–water partition coefficient (Wildman–Crippen LogP) is 3.24. The van der Waals surface area contributed by atoms with Gasteiger partial charge >= 0.3 is 0 Å². The fourth-order valence-corrected chi connectivity index (χ4v) is 1.63. The van der Waals surface area contributed by atoms with Crippen molar-refractivity contribution in [3.63, 3.8) is 0 Å². The summed E-state index contributed by atoms with van der Waals surface area (Å²) < 4.78 is 0. The van der Waals surface area contributed by atoms with E-state index in [4.69, 9.17) is 0 Å². The zero-order valence-corrected chi connectivity index (χ0v) is 11.3. The first-order valence-electron chi connectivity index (χ1n) is 6.34. The van der Waals surface area contributed by atoms with E-state index in [-0.39, 0.29) is 5.78 Å². The van der Waals surface area contributed by atoms with Crippen molar-refractivity contribution in [3.05, 3.63) is 35.4 Å². The maximum absolute atomic E-state index is 11.8. The van der Waals surface area contributed by atoms with Gasteiger partial charge in [-0.15, -0.1) is 0 Å². The molecule has 1 aromatic carbocycles. The van der Waals surface area contributed by atoms with Crippen molar-refractivity contribution in [2.45, 2.75) is 33.6 Å². The molecule has 1 rings (SSSR count). The first-order valence-corrected chi connectivity index (χ1v) is 6.34. The molecule has 2 nitrogen and oxygen atoms in total. The lowest BCUT2D eigenvalue weighted by atomic mass is 10.0. The van der Waals surface area contributed by atoms with Gasteiger partial charge in [0, 0.05) is 5.56 Å². The molecule has 94 valence electrons. The lowest BCUT2D eigenvalue weighted by molar-refractivity contribution is 0.0990. The van der Waals surface area contributed by atoms with Gasteiger partial charge in [-0.3, -0.25) is 4.79 Å². The Balaban J connectivity index is 2.52. The van der Waals surface area contributed by atoms with Gasteiger partial charge in [0.25, 0.3) is 0 Å². The van der Waals surface area contributed by atoms with Crippen molar-refractivity contribution in [1.29, 1.82) is 0 Å². The Hall–Kier alpha value is -1.15. The molecular formula is C15H23NO. The lowest BCUT2D eigenvalue weighted by Crippen LogP contribution is -2.26. The van der Waals surface area contributed by atoms with Crippen LogP contribution in [-0.4, -0.2) is 18.9 Å². The average molecular weight is 233 g/mol. The van der Waals surface area contributed by atoms with E-state index in [1.54, 1.807) is 0 Å². The Morgan fingerprint density at radius 3 is 2.18 bits per heavy atom. The maximum Gasteiger partial charge on any atom is 0.176 e. The second kappa shape index (κ2) is 6.55. The van der Waals surface area contributed by atoms with E-state index >= 15 is 0 Å². The number of hydrogen-bond acceptors (Lipinski definition) is 2. The molecule has 0 aliphatic rings. The third kappa shape index (κ3) is 4.70. The third-order valence-corrected chi connectivity index (χ3v) is 2.74. The summed E-state index contributed by atoms with van der Waals surface area (Å²) in [7, 11) is 0. The summed E-state index contributed by atoms with van der Waals surface area (Å²) >= 11 is 0. The van der Waals surface area contributed by atoms with Crippen LogP contribution in [0.2, 0.25) is 0 Å². The van der Waals surface area contributed by atoms with Crippen LogP contribution < -0.4 is 5.32 Å². The van der Waals surface area contributed by atoms with Gasteiger partial charge in [-0.2, -0.15) is 0 Å². The summed E-state index contributed by atoms with van der Waals surface area (Å²) in [6, 6.07) is 7.93. The molecule has 0 bridgehead atoms. The summed E-state index contributed by atoms with van der Waals surface area (Å²) in [5, 5.41) is 3.17. The second-order valence-electron chi connectivity index (χ2n) is 5.22. The van der Waals surface area contributed by atoms with Gasteiger partial charge in [0.15, 0.2) is 5.78 Å². The second-order valence-corrected chi connectivity index (χ2v) is 5.22. The molecule has 0 aliphatic heterocycles. The van der Waals surface area contributed by atoms with Crippen molar-refractivity contribution in [3.8, 4) is 0 Å². The molecule has 2 heteroatoms. The molecular weight excluding hydrogens is 210 g/mol. The summed E-state index contributed by atoms with van der Waals surface area (Å²) in [5.41, 5.74) is 2.07. The molecule has 0 aromatic heterocycles. The van der Waals surface area contributed by atoms with Gasteiger partial charge < -0.3 is 5.32 Å². The summed E-state index contributed by atoms with van der Waals surface area (Å²) in [5.74, 6) is 1.25. The number of carbonyl (C=O) groups is 1. The number of rotatable bonds is 6. The van der Waals surface area contributed by atoms with Crippen LogP contribution in [0.25, 0.3) is 0 Å². The Morgan fingerprint density at radius 1 is 1.12 bits per heavy atom. The zero-order chi connectivity index (χ0) is 12.8. The number of hydrogen-bond donors (Lipinski definition) is 1. The highest BCUT2D eigenvalue weighted by atomic mass is 16.1. The van der Waals surface area contributed by atoms with Crippen molar-refractivity contribution in [2.75, 3.05) is 13.1 Å². The van der Waals surface area contributed by atoms with E-state index in [1.807, 2.05) is 24.3 Å². The van der Waals surface area contributed by atoms with Crippen LogP contribution in [0.5, 0.6) is 0 Å². The zero-order valence-electron chi connectivity index (χ0n) is 11.3. The quantitative estimate of drug-likeness (QED) is 0.764. The van der Waals surface area contributed by atoms with Crippen LogP contribution in [-0.2, 0) is 0 Å². The van der Waals surface area contributed by atoms with Gasteiger partial charge in [0.2, 0.25) is 0 Å². The van der Waals surface area contributed by atoms with Crippen LogP contribution in [0.4, 0.5) is 0 Å². The van der Waals surface area contributed by atoms with Gasteiger partial charge in [0.1, 0.15) is 0 Å². The monoisotopic (exact) mass is 233 g/mol. The smallest absolute Gasteiger partial charge is 0.176 e. The van der Waals surface area contributed by atoms with E-state index < -0.39 is 0 Å². The fraction of sp³-hybridized carbons (Fsp3) is 0.533. The molecule has 0 radical (unpaired) electrons. The Morgan fingerprint density at radius 2 is 1.71 bits per heavy atom. The number of ketones is 1. The Kier molecular flexibility index (Phi) is 5.36. The van der Waals surface area contributed by atoms with Crippen molar-refractivity contribution in [1.82, 2.24) is 5.32 Å². The molecule has 0 heterocycles. The van der Waals surface area contributed by atoms with Crippen LogP contribution in [0, 0.1) is 5.92 Å². The largest absolute Gasteiger partial charge is 0.309 e. The van der Waals surface area contributed by atoms with Crippen LogP contribution in [0.15, 0.2) is 24.3 Å². The SMILES string of the molecule is CC(C)CNCC(=O)c1ccc(C(C)C)cc1. The standard InChI is InChI=1S/C15H23NO/c1-11(2)9-16-10-15(17)14-7-5-13(6-8-14)12(3)4/h5-8,11-12,16H,9-10H2,1-4H3. The van der Waals surface area contributed by atoms with E-state index in [0.29, 0.717) is 18.4 Å². The first kappa shape index (κ1) is 13.9. The van der Waals surface area contributed by atoms with Gasteiger partial charge in [-0.05, 0) is 23.9 Å². The highest BCUT2D eigenvalue weighted by Gasteiger charge is 2.06. The number of nitrogens with one attached hydrogen (secondary N) is 1. The van der Waals surface area contributed by atoms with E-state index in [9.17, 15) is 4.79 Å². The first-order chi connectivity index (χ1) is 8.00. The minimum atomic E-state index is 0.168. The molecule has 1 N–H and O–H groups in total. The average Bonchev–Trinajstić information content (AvgIpc) is 2.28. The van der Waals surface area contributed by atoms with E-state index in [1.165, 1.54) is 5.56 Å². The summed E-state index contributed by atoms with van der Waals surface area (Å²) in [6.45, 7) is 9.89. The number of carbonyl (C=O) groups excluding carboxylic acids is 1. The predicted molar refractivity (Wildman–Crippen MR) is 72.6 cm³/mol. The Bertz CT molecular complexity index is 352. The van der Waals surface area contributed by atoms with Crippen molar-refractivity contribution < 1.29 is 4.79 Å². The van der Waals surface area contributed by atoms with Crippen LogP contribution in [0.3, 0.4) is 0 Å². The molecule has 0 unspecified atom stereocenters. The van der Waals surface area contributed by atoms with Crippen molar-refractivity contribution >= 4 is 5.78 Å². The third-order valence-electron chi connectivity index (χ3n) is 2.74. The lowest BCUT2D eigenvalue weighted by Gasteiger charge is -2.08. The van der Waals surface area contributed by atoms with Gasteiger partial charge in [-0.1, -0.05) is 52.0 Å². The molecule has 17 heavy (non-hydrogen) atoms. The molecule has 0 aliphatic carbocycles. The molecule has 0 saturated carbocycles. The van der Waals surface area contributed by atoms with Crippen LogP contribution in [0.1, 0.15) is 49.5 Å². The molecule has 0 spiro atoms. The molecule has 0 amide bonds. The summed E-state index contributed by atoms with van der Waals surface area (Å²) in [4.78, 5) is 11.8. The van der Waals surface area contributed by atoms with Gasteiger partial charge in [-0.25, -0.2) is 0 Å². The number of Topliss-reactive ketones (excluding diaryl/α,β-unsaturated/α-hetero) is 1. The van der Waals surface area contributed by atoms with Crippen LogP contribution >= 0.6 is 0 Å². The number of benzene rings is 1. The highest BCUT2D eigenvalue weighted by Crippen LogP contribution is 2.14. The molecule has 0 saturated heterocycles. The van der Waals surface area contributed by atoms with E-state index in [0.717, 1.165) is 12.1 Å². The summed E-state index contributed by atoms with van der Waals surface area (Å²) in [6.07, 6.45) is 0. The topological polar surface area (TPSA) is 29.1 Å².